The second kappa shape index (κ2) is 16.9. The van der Waals surface area contributed by atoms with E-state index in [9.17, 15) is 0 Å². The molecule has 0 N–H and O–H groups in total. The Morgan fingerprint density at radius 3 is 1.29 bits per heavy atom. The maximum atomic E-state index is 6.38. The van der Waals surface area contributed by atoms with Crippen LogP contribution in [0.2, 0.25) is 0 Å². The van der Waals surface area contributed by atoms with E-state index in [0.29, 0.717) is 0 Å². The minimum absolute atomic E-state index is 0.910. The van der Waals surface area contributed by atoms with Crippen LogP contribution in [0, 0.1) is 0 Å². The van der Waals surface area contributed by atoms with Crippen molar-refractivity contribution in [1.29, 1.82) is 0 Å². The van der Waals surface area contributed by atoms with Crippen LogP contribution in [0.15, 0.2) is 271 Å². The molecule has 0 aliphatic carbocycles. The van der Waals surface area contributed by atoms with Crippen molar-refractivity contribution in [2.45, 2.75) is 0 Å². The first-order chi connectivity index (χ1) is 34.2. The van der Waals surface area contributed by atoms with Crippen LogP contribution in [-0.4, -0.2) is 4.57 Å². The lowest BCUT2D eigenvalue weighted by Gasteiger charge is -2.26. The maximum absolute atomic E-state index is 6.38. The fraction of sp³-hybridized carbons (Fsp3) is 0. The van der Waals surface area contributed by atoms with Crippen LogP contribution < -0.4 is 4.90 Å². The molecule has 2 heterocycles. The fourth-order valence-electron chi connectivity index (χ4n) is 10.3. The fourth-order valence-corrected chi connectivity index (χ4v) is 10.3. The van der Waals surface area contributed by atoms with Gasteiger partial charge in [-0.25, -0.2) is 0 Å². The standard InChI is InChI=1S/C66H44N2O/c1-2-15-45(16-3-1)47-33-39-51(40-34-47)67(52-41-35-48(36-42-52)46-29-31-50(32-30-46)55-23-14-24-61-60-22-9-13-28-65(60)69-66(55)61)53-43-37-49(38-44-53)54-17-4-5-18-56(54)57-19-6-10-25-62(57)68-63-26-11-7-20-58(63)59-21-8-12-27-64(59)68/h1-44H. The largest absolute Gasteiger partial charge is 0.455 e. The average molecular weight is 881 g/mol. The molecule has 0 atom stereocenters. The Balaban J connectivity index is 0.853. The first-order valence-electron chi connectivity index (χ1n) is 23.6. The molecule has 11 aromatic carbocycles. The lowest BCUT2D eigenvalue weighted by molar-refractivity contribution is 0.670. The summed E-state index contributed by atoms with van der Waals surface area (Å²) in [5.41, 5.74) is 20.2. The van der Waals surface area contributed by atoms with Gasteiger partial charge >= 0.3 is 0 Å². The van der Waals surface area contributed by atoms with Gasteiger partial charge in [-0.15, -0.1) is 0 Å². The second-order valence-corrected chi connectivity index (χ2v) is 17.6. The van der Waals surface area contributed by atoms with E-state index < -0.39 is 0 Å². The van der Waals surface area contributed by atoms with E-state index in [2.05, 4.69) is 264 Å². The summed E-state index contributed by atoms with van der Waals surface area (Å²) >= 11 is 0. The van der Waals surface area contributed by atoms with Gasteiger partial charge < -0.3 is 13.9 Å². The van der Waals surface area contributed by atoms with Crippen molar-refractivity contribution in [3.05, 3.63) is 267 Å². The zero-order chi connectivity index (χ0) is 45.7. The summed E-state index contributed by atoms with van der Waals surface area (Å²) in [7, 11) is 0. The molecule has 0 saturated heterocycles. The minimum atomic E-state index is 0.910. The quantitative estimate of drug-likeness (QED) is 0.144. The van der Waals surface area contributed by atoms with E-state index in [0.717, 1.165) is 72.5 Å². The zero-order valence-corrected chi connectivity index (χ0v) is 37.7. The van der Waals surface area contributed by atoms with E-state index in [1.807, 2.05) is 12.1 Å². The van der Waals surface area contributed by atoms with Gasteiger partial charge in [0.05, 0.1) is 16.7 Å². The Labute approximate surface area is 401 Å². The topological polar surface area (TPSA) is 21.3 Å². The van der Waals surface area contributed by atoms with Gasteiger partial charge in [0.1, 0.15) is 11.2 Å². The number of nitrogens with zero attached hydrogens (tertiary/aromatic N) is 2. The van der Waals surface area contributed by atoms with Gasteiger partial charge in [0, 0.05) is 49.7 Å². The molecular weight excluding hydrogens is 837 g/mol. The SMILES string of the molecule is c1ccc(-c2ccc(N(c3ccc(-c4ccc(-c5cccc6c5oc5ccccc56)cc4)cc3)c3ccc(-c4ccccc4-c4ccccc4-n4c5ccccc5c5ccccc54)cc3)cc2)cc1. The summed E-state index contributed by atoms with van der Waals surface area (Å²) in [5, 5.41) is 4.79. The first-order valence-corrected chi connectivity index (χ1v) is 23.6. The van der Waals surface area contributed by atoms with Crippen LogP contribution in [0.25, 0.3) is 105 Å². The third-order valence-electron chi connectivity index (χ3n) is 13.7. The first kappa shape index (κ1) is 40.1. The van der Waals surface area contributed by atoms with Gasteiger partial charge in [0.15, 0.2) is 0 Å². The van der Waals surface area contributed by atoms with E-state index >= 15 is 0 Å². The zero-order valence-electron chi connectivity index (χ0n) is 37.7. The van der Waals surface area contributed by atoms with Crippen LogP contribution >= 0.6 is 0 Å². The molecule has 0 aliphatic heterocycles. The molecule has 0 spiro atoms. The van der Waals surface area contributed by atoms with Crippen LogP contribution in [0.1, 0.15) is 0 Å². The van der Waals surface area contributed by atoms with Crippen molar-refractivity contribution in [1.82, 2.24) is 4.57 Å². The number of para-hydroxylation sites is 5. The molecule has 0 amide bonds. The molecular formula is C66H44N2O. The predicted octanol–water partition coefficient (Wildman–Crippen LogP) is 18.5. The molecule has 0 bridgehead atoms. The Morgan fingerprint density at radius 2 is 0.667 bits per heavy atom. The number of rotatable bonds is 9. The number of furan rings is 1. The maximum Gasteiger partial charge on any atom is 0.143 e. The Morgan fingerprint density at radius 1 is 0.261 bits per heavy atom. The second-order valence-electron chi connectivity index (χ2n) is 17.6. The van der Waals surface area contributed by atoms with Crippen molar-refractivity contribution in [2.75, 3.05) is 4.90 Å². The molecule has 0 aliphatic rings. The summed E-state index contributed by atoms with van der Waals surface area (Å²) < 4.78 is 8.80. The van der Waals surface area contributed by atoms with E-state index in [-0.39, 0.29) is 0 Å². The summed E-state index contributed by atoms with van der Waals surface area (Å²) in [4.78, 5) is 2.35. The average Bonchev–Trinajstić information content (AvgIpc) is 3.98. The number of hydrogen-bond donors (Lipinski definition) is 0. The van der Waals surface area contributed by atoms with Crippen molar-refractivity contribution in [3.8, 4) is 61.3 Å². The van der Waals surface area contributed by atoms with E-state index in [4.69, 9.17) is 4.42 Å². The molecule has 13 rings (SSSR count). The van der Waals surface area contributed by atoms with Gasteiger partial charge in [-0.3, -0.25) is 0 Å². The minimum Gasteiger partial charge on any atom is -0.455 e. The Hall–Kier alpha value is -9.18. The van der Waals surface area contributed by atoms with Crippen molar-refractivity contribution < 1.29 is 4.42 Å². The van der Waals surface area contributed by atoms with E-state index in [1.165, 1.54) is 49.6 Å². The highest BCUT2D eigenvalue weighted by Crippen LogP contribution is 2.43. The van der Waals surface area contributed by atoms with Gasteiger partial charge in [-0.2, -0.15) is 0 Å². The number of aromatic nitrogens is 1. The van der Waals surface area contributed by atoms with E-state index in [1.54, 1.807) is 0 Å². The summed E-state index contributed by atoms with van der Waals surface area (Å²) in [6.45, 7) is 0. The summed E-state index contributed by atoms with van der Waals surface area (Å²) in [6.07, 6.45) is 0. The summed E-state index contributed by atoms with van der Waals surface area (Å²) in [6, 6.07) is 96.0. The van der Waals surface area contributed by atoms with Crippen LogP contribution in [0.5, 0.6) is 0 Å². The smallest absolute Gasteiger partial charge is 0.143 e. The monoisotopic (exact) mass is 880 g/mol. The number of hydrogen-bond acceptors (Lipinski definition) is 2. The Bertz CT molecular complexity index is 3920. The van der Waals surface area contributed by atoms with Crippen LogP contribution in [-0.2, 0) is 0 Å². The van der Waals surface area contributed by atoms with Gasteiger partial charge in [0.2, 0.25) is 0 Å². The summed E-state index contributed by atoms with van der Waals surface area (Å²) in [5.74, 6) is 0. The van der Waals surface area contributed by atoms with Gasteiger partial charge in [-0.1, -0.05) is 206 Å². The van der Waals surface area contributed by atoms with Gasteiger partial charge in [-0.05, 0) is 105 Å². The lowest BCUT2D eigenvalue weighted by atomic mass is 9.93. The lowest BCUT2D eigenvalue weighted by Crippen LogP contribution is -2.09. The highest BCUT2D eigenvalue weighted by molar-refractivity contribution is 6.11. The molecule has 0 saturated carbocycles. The third kappa shape index (κ3) is 7.08. The normalized spacial score (nSPS) is 11.5. The molecule has 0 unspecified atom stereocenters. The van der Waals surface area contributed by atoms with Crippen LogP contribution in [0.4, 0.5) is 17.1 Å². The third-order valence-corrected chi connectivity index (χ3v) is 13.7. The van der Waals surface area contributed by atoms with Crippen molar-refractivity contribution >= 4 is 60.8 Å². The molecule has 13 aromatic rings. The molecule has 0 radical (unpaired) electrons. The highest BCUT2D eigenvalue weighted by Gasteiger charge is 2.19. The number of benzene rings is 11. The molecule has 324 valence electrons. The van der Waals surface area contributed by atoms with Crippen molar-refractivity contribution in [2.24, 2.45) is 0 Å². The Kier molecular flexibility index (Phi) is 9.84. The van der Waals surface area contributed by atoms with Crippen LogP contribution in [0.3, 0.4) is 0 Å². The molecule has 0 fully saturated rings. The molecule has 69 heavy (non-hydrogen) atoms. The number of anilines is 3. The van der Waals surface area contributed by atoms with Crippen molar-refractivity contribution in [3.63, 3.8) is 0 Å². The predicted molar refractivity (Wildman–Crippen MR) is 290 cm³/mol. The molecule has 2 aromatic heterocycles. The molecule has 3 heteroatoms. The molecule has 3 nitrogen and oxygen atoms in total. The highest BCUT2D eigenvalue weighted by atomic mass is 16.3. The number of fused-ring (bicyclic) bond motifs is 6. The van der Waals surface area contributed by atoms with Gasteiger partial charge in [0.25, 0.3) is 0 Å².